The average Bonchev–Trinajstić information content (AvgIpc) is 3.80. The van der Waals surface area contributed by atoms with Crippen LogP contribution >= 0.6 is 0 Å². The van der Waals surface area contributed by atoms with E-state index in [1.807, 2.05) is 91.9 Å². The van der Waals surface area contributed by atoms with Crippen molar-refractivity contribution in [1.29, 1.82) is 0 Å². The molecule has 0 radical (unpaired) electrons. The Morgan fingerprint density at radius 2 is 1.73 bits per heavy atom. The monoisotopic (exact) mass is 659 g/mol. The number of aryl methyl sites for hydroxylation is 1. The lowest BCUT2D eigenvalue weighted by Crippen LogP contribution is -2.45. The van der Waals surface area contributed by atoms with Crippen molar-refractivity contribution in [2.45, 2.75) is 64.1 Å². The van der Waals surface area contributed by atoms with Gasteiger partial charge in [-0.2, -0.15) is 0 Å². The minimum Gasteiger partial charge on any atom is -0.396 e. The Labute approximate surface area is 283 Å². The van der Waals surface area contributed by atoms with Gasteiger partial charge in [-0.15, -0.1) is 5.10 Å². The molecule has 9 nitrogen and oxygen atoms in total. The molecule has 250 valence electrons. The fourth-order valence-electron chi connectivity index (χ4n) is 8.51. The zero-order chi connectivity index (χ0) is 34.1. The summed E-state index contributed by atoms with van der Waals surface area (Å²) in [6, 6.07) is 27.1. The molecule has 0 saturated carbocycles. The van der Waals surface area contributed by atoms with E-state index < -0.39 is 29.2 Å². The molecule has 0 aliphatic carbocycles. The third-order valence-electron chi connectivity index (χ3n) is 10.5. The number of carbonyl (C=O) groups is 2. The van der Waals surface area contributed by atoms with Crippen LogP contribution in [0.15, 0.2) is 91.1 Å². The maximum atomic E-state index is 16.1. The van der Waals surface area contributed by atoms with Gasteiger partial charge in [-0.05, 0) is 61.5 Å². The maximum absolute atomic E-state index is 16.1. The molecule has 10 heteroatoms. The number of para-hydroxylation sites is 1. The Morgan fingerprint density at radius 1 is 0.980 bits per heavy atom. The van der Waals surface area contributed by atoms with Crippen molar-refractivity contribution < 1.29 is 23.8 Å². The largest absolute Gasteiger partial charge is 0.396 e. The standard InChI is InChI=1S/C39H38FN5O4/c1-24-35(38(2,3)40)33(17-19-43-23-27(18-20-46)41-42-43)49-39(24)30-14-4-5-15-31(30)44(37(39)48)22-25-9-6-12-28(21-25)45-32-16-8-11-26-10-7-13-29(34(26)32)36(45)47/h4-16,21,23-24,33,35,46H,17-20,22H2,1-3H3/t24-,33+,35-,39+/m1/s1. The lowest BCUT2D eigenvalue weighted by Gasteiger charge is -2.32. The summed E-state index contributed by atoms with van der Waals surface area (Å²) in [6.45, 7) is 5.71. The number of carbonyl (C=O) groups excluding carboxylic acids is 2. The summed E-state index contributed by atoms with van der Waals surface area (Å²) in [5, 5.41) is 19.5. The van der Waals surface area contributed by atoms with Crippen molar-refractivity contribution in [3.05, 3.63) is 114 Å². The van der Waals surface area contributed by atoms with Gasteiger partial charge in [0.2, 0.25) is 0 Å². The van der Waals surface area contributed by atoms with Crippen LogP contribution in [0, 0.1) is 11.8 Å². The van der Waals surface area contributed by atoms with Gasteiger partial charge >= 0.3 is 0 Å². The molecule has 1 N–H and O–H groups in total. The SMILES string of the molecule is C[C@@H]1[C@@H](C(C)(C)F)[C@H](CCn2cc(CCO)nn2)O[C@@]12C(=O)N(Cc1cccc(N3C(=O)c4cccc5cccc3c45)c1)c1ccccc12. The number of amides is 2. The van der Waals surface area contributed by atoms with Crippen LogP contribution in [0.5, 0.6) is 0 Å². The Bertz CT molecular complexity index is 2100. The topological polar surface area (TPSA) is 101 Å². The number of rotatable bonds is 9. The van der Waals surface area contributed by atoms with E-state index in [0.29, 0.717) is 30.6 Å². The van der Waals surface area contributed by atoms with Crippen molar-refractivity contribution in [2.75, 3.05) is 16.4 Å². The van der Waals surface area contributed by atoms with E-state index >= 15 is 4.39 Å². The quantitative estimate of drug-likeness (QED) is 0.194. The van der Waals surface area contributed by atoms with Crippen molar-refractivity contribution >= 4 is 39.6 Å². The number of aliphatic hydroxyl groups is 1. The molecule has 0 bridgehead atoms. The summed E-state index contributed by atoms with van der Waals surface area (Å²) >= 11 is 0. The van der Waals surface area contributed by atoms with Crippen LogP contribution in [0.2, 0.25) is 0 Å². The summed E-state index contributed by atoms with van der Waals surface area (Å²) < 4.78 is 24.6. The average molecular weight is 660 g/mol. The number of ether oxygens (including phenoxy) is 1. The van der Waals surface area contributed by atoms with Crippen LogP contribution in [0.4, 0.5) is 21.5 Å². The van der Waals surface area contributed by atoms with E-state index in [9.17, 15) is 14.7 Å². The van der Waals surface area contributed by atoms with Crippen LogP contribution in [0.25, 0.3) is 10.8 Å². The fraction of sp³-hybridized carbons (Fsp3) is 0.333. The molecule has 4 aromatic carbocycles. The summed E-state index contributed by atoms with van der Waals surface area (Å²) in [6.07, 6.45) is 2.05. The second-order valence-electron chi connectivity index (χ2n) is 13.9. The number of aromatic nitrogens is 3. The molecular weight excluding hydrogens is 621 g/mol. The van der Waals surface area contributed by atoms with E-state index in [1.165, 1.54) is 0 Å². The smallest absolute Gasteiger partial charge is 0.264 e. The third kappa shape index (κ3) is 4.88. The lowest BCUT2D eigenvalue weighted by atomic mass is 9.71. The number of alkyl halides is 1. The number of anilines is 3. The van der Waals surface area contributed by atoms with E-state index in [0.717, 1.165) is 39.0 Å². The number of hydrogen-bond acceptors (Lipinski definition) is 6. The van der Waals surface area contributed by atoms with Gasteiger partial charge in [0.25, 0.3) is 11.8 Å². The van der Waals surface area contributed by atoms with Gasteiger partial charge in [-0.3, -0.25) is 19.2 Å². The second-order valence-corrected chi connectivity index (χ2v) is 13.9. The molecule has 4 heterocycles. The Morgan fingerprint density at radius 3 is 2.53 bits per heavy atom. The molecule has 3 aliphatic rings. The van der Waals surface area contributed by atoms with Gasteiger partial charge in [0, 0.05) is 54.2 Å². The van der Waals surface area contributed by atoms with Gasteiger partial charge in [-0.25, -0.2) is 4.39 Å². The second kappa shape index (κ2) is 11.6. The molecule has 4 atom stereocenters. The summed E-state index contributed by atoms with van der Waals surface area (Å²) in [7, 11) is 0. The van der Waals surface area contributed by atoms with Crippen LogP contribution in [-0.4, -0.2) is 50.3 Å². The molecule has 1 saturated heterocycles. The van der Waals surface area contributed by atoms with E-state index in [-0.39, 0.29) is 25.0 Å². The van der Waals surface area contributed by atoms with Crippen LogP contribution in [0.1, 0.15) is 54.4 Å². The normalized spacial score (nSPS) is 23.0. The van der Waals surface area contributed by atoms with Gasteiger partial charge in [-0.1, -0.05) is 66.7 Å². The van der Waals surface area contributed by atoms with E-state index in [2.05, 4.69) is 10.3 Å². The van der Waals surface area contributed by atoms with Crippen LogP contribution in [-0.2, 0) is 34.6 Å². The molecule has 1 spiro atoms. The van der Waals surface area contributed by atoms with Gasteiger partial charge in [0.05, 0.1) is 35.3 Å². The van der Waals surface area contributed by atoms with Crippen molar-refractivity contribution in [1.82, 2.24) is 15.0 Å². The number of aliphatic hydroxyl groups excluding tert-OH is 1. The molecule has 49 heavy (non-hydrogen) atoms. The summed E-state index contributed by atoms with van der Waals surface area (Å²) in [5.74, 6) is -1.34. The van der Waals surface area contributed by atoms with Gasteiger partial charge in [0.1, 0.15) is 5.67 Å². The van der Waals surface area contributed by atoms with Gasteiger partial charge < -0.3 is 14.7 Å². The molecule has 0 unspecified atom stereocenters. The minimum atomic E-state index is -1.63. The Hall–Kier alpha value is -4.93. The fourth-order valence-corrected chi connectivity index (χ4v) is 8.51. The highest BCUT2D eigenvalue weighted by molar-refractivity contribution is 6.27. The van der Waals surface area contributed by atoms with Gasteiger partial charge in [0.15, 0.2) is 5.60 Å². The zero-order valence-electron chi connectivity index (χ0n) is 27.7. The number of hydrogen-bond donors (Lipinski definition) is 1. The first-order valence-electron chi connectivity index (χ1n) is 16.8. The summed E-state index contributed by atoms with van der Waals surface area (Å²) in [4.78, 5) is 32.0. The first-order chi connectivity index (χ1) is 23.6. The third-order valence-corrected chi connectivity index (χ3v) is 10.5. The lowest BCUT2D eigenvalue weighted by molar-refractivity contribution is -0.146. The van der Waals surface area contributed by atoms with E-state index in [4.69, 9.17) is 4.74 Å². The molecule has 1 fully saturated rings. The van der Waals surface area contributed by atoms with Crippen molar-refractivity contribution in [3.63, 3.8) is 0 Å². The van der Waals surface area contributed by atoms with E-state index in [1.54, 1.807) is 34.5 Å². The number of nitrogens with zero attached hydrogens (tertiary/aromatic N) is 5. The number of benzene rings is 4. The minimum absolute atomic E-state index is 0.0218. The van der Waals surface area contributed by atoms with Crippen molar-refractivity contribution in [3.8, 4) is 0 Å². The maximum Gasteiger partial charge on any atom is 0.264 e. The first kappa shape index (κ1) is 31.3. The summed E-state index contributed by atoms with van der Waals surface area (Å²) in [5.41, 5.74) is 2.25. The Kier molecular flexibility index (Phi) is 7.42. The Balaban J connectivity index is 1.11. The predicted molar refractivity (Wildman–Crippen MR) is 184 cm³/mol. The predicted octanol–water partition coefficient (Wildman–Crippen LogP) is 6.49. The highest BCUT2D eigenvalue weighted by atomic mass is 19.1. The molecular formula is C39H38FN5O4. The van der Waals surface area contributed by atoms with Crippen LogP contribution < -0.4 is 9.80 Å². The van der Waals surface area contributed by atoms with Crippen LogP contribution in [0.3, 0.4) is 0 Å². The molecule has 1 aromatic heterocycles. The highest BCUT2D eigenvalue weighted by Gasteiger charge is 2.66. The molecule has 3 aliphatic heterocycles. The number of halogens is 1. The van der Waals surface area contributed by atoms with Crippen molar-refractivity contribution in [2.24, 2.45) is 11.8 Å². The zero-order valence-corrected chi connectivity index (χ0v) is 27.7. The molecule has 8 rings (SSSR count). The molecule has 5 aromatic rings. The highest BCUT2D eigenvalue weighted by Crippen LogP contribution is 2.58. The number of fused-ring (bicyclic) bond motifs is 2. The molecule has 2 amide bonds. The first-order valence-corrected chi connectivity index (χ1v) is 16.8.